The van der Waals surface area contributed by atoms with E-state index in [2.05, 4.69) is 28.0 Å². The molecular formula is C12H10N2OS2. The average Bonchev–Trinajstić information content (AvgIpc) is 2.96. The van der Waals surface area contributed by atoms with Crippen LogP contribution in [0.25, 0.3) is 22.4 Å². The number of oxazole rings is 1. The Morgan fingerprint density at radius 1 is 1.35 bits per heavy atom. The van der Waals surface area contributed by atoms with Gasteiger partial charge in [0.05, 0.1) is 10.7 Å². The number of rotatable bonds is 3. The first-order chi connectivity index (χ1) is 8.36. The molecule has 0 amide bonds. The number of hydrogen-bond donors (Lipinski definition) is 1. The van der Waals surface area contributed by atoms with Crippen molar-refractivity contribution in [3.8, 4) is 11.3 Å². The molecule has 2 heterocycles. The van der Waals surface area contributed by atoms with Crippen LogP contribution in [0.2, 0.25) is 0 Å². The van der Waals surface area contributed by atoms with Crippen molar-refractivity contribution in [2.24, 2.45) is 0 Å². The molecule has 0 atom stereocenters. The van der Waals surface area contributed by atoms with Gasteiger partial charge >= 0.3 is 0 Å². The fourth-order valence-electron chi connectivity index (χ4n) is 1.67. The highest BCUT2D eigenvalue weighted by Gasteiger charge is 2.06. The van der Waals surface area contributed by atoms with Crippen LogP contribution >= 0.6 is 24.0 Å². The van der Waals surface area contributed by atoms with Crippen LogP contribution in [0.5, 0.6) is 0 Å². The molecule has 0 fully saturated rings. The van der Waals surface area contributed by atoms with Crippen LogP contribution in [0.15, 0.2) is 34.4 Å². The van der Waals surface area contributed by atoms with Gasteiger partial charge in [-0.15, -0.1) is 11.3 Å². The topological polar surface area (TPSA) is 38.9 Å². The van der Waals surface area contributed by atoms with Crippen molar-refractivity contribution < 1.29 is 4.42 Å². The fourth-order valence-corrected chi connectivity index (χ4v) is 2.84. The Labute approximate surface area is 108 Å². The van der Waals surface area contributed by atoms with E-state index in [0.29, 0.717) is 0 Å². The Hall–Kier alpha value is -1.33. The first-order valence-corrected chi connectivity index (χ1v) is 6.77. The molecule has 0 N–H and O–H groups in total. The molecule has 0 spiro atoms. The summed E-state index contributed by atoms with van der Waals surface area (Å²) in [6.45, 7) is 0. The molecular weight excluding hydrogens is 252 g/mol. The first-order valence-electron chi connectivity index (χ1n) is 5.26. The summed E-state index contributed by atoms with van der Waals surface area (Å²) in [5.74, 6) is 0.827. The van der Waals surface area contributed by atoms with Crippen molar-refractivity contribution >= 4 is 35.1 Å². The summed E-state index contributed by atoms with van der Waals surface area (Å²) < 4.78 is 5.29. The normalized spacial score (nSPS) is 11.1. The monoisotopic (exact) mass is 262 g/mol. The summed E-state index contributed by atoms with van der Waals surface area (Å²) in [5.41, 5.74) is 3.73. The zero-order valence-corrected chi connectivity index (χ0v) is 10.7. The number of aromatic nitrogens is 2. The molecule has 0 unspecified atom stereocenters. The second-order valence-electron chi connectivity index (χ2n) is 3.63. The maximum absolute atomic E-state index is 5.29. The molecule has 3 nitrogen and oxygen atoms in total. The number of thiazole rings is 1. The van der Waals surface area contributed by atoms with Crippen LogP contribution < -0.4 is 0 Å². The summed E-state index contributed by atoms with van der Waals surface area (Å²) in [7, 11) is 0. The lowest BCUT2D eigenvalue weighted by atomic mass is 10.1. The largest absolute Gasteiger partial charge is 0.443 e. The molecule has 0 aliphatic heterocycles. The number of nitrogens with zero attached hydrogens (tertiary/aromatic N) is 2. The molecule has 2 aromatic heterocycles. The van der Waals surface area contributed by atoms with Crippen LogP contribution in [0.3, 0.4) is 0 Å². The van der Waals surface area contributed by atoms with Crippen molar-refractivity contribution in [3.63, 3.8) is 0 Å². The van der Waals surface area contributed by atoms with Gasteiger partial charge in [0.2, 0.25) is 0 Å². The van der Waals surface area contributed by atoms with E-state index in [1.165, 1.54) is 6.39 Å². The van der Waals surface area contributed by atoms with Crippen molar-refractivity contribution in [1.29, 1.82) is 0 Å². The number of benzene rings is 1. The third-order valence-corrected chi connectivity index (χ3v) is 3.64. The summed E-state index contributed by atoms with van der Waals surface area (Å²) in [6.07, 6.45) is 2.38. The lowest BCUT2D eigenvalue weighted by Crippen LogP contribution is -1.84. The van der Waals surface area contributed by atoms with Gasteiger partial charge in [0.25, 0.3) is 0 Å². The van der Waals surface area contributed by atoms with E-state index < -0.39 is 0 Å². The van der Waals surface area contributed by atoms with E-state index in [0.717, 1.165) is 39.5 Å². The summed E-state index contributed by atoms with van der Waals surface area (Å²) in [6, 6.07) is 5.94. The van der Waals surface area contributed by atoms with Gasteiger partial charge in [-0.2, -0.15) is 12.6 Å². The fraction of sp³-hybridized carbons (Fsp3) is 0.167. The number of aryl methyl sites for hydroxylation is 1. The van der Waals surface area contributed by atoms with E-state index in [4.69, 9.17) is 4.42 Å². The van der Waals surface area contributed by atoms with Gasteiger partial charge in [-0.05, 0) is 17.9 Å². The van der Waals surface area contributed by atoms with Gasteiger partial charge in [-0.25, -0.2) is 9.97 Å². The van der Waals surface area contributed by atoms with Gasteiger partial charge < -0.3 is 4.42 Å². The minimum atomic E-state index is 0.797. The van der Waals surface area contributed by atoms with E-state index in [9.17, 15) is 0 Å². The molecule has 0 aliphatic rings. The molecule has 0 radical (unpaired) electrons. The van der Waals surface area contributed by atoms with Crippen LogP contribution in [0.4, 0.5) is 0 Å². The van der Waals surface area contributed by atoms with Gasteiger partial charge in [0.15, 0.2) is 12.0 Å². The molecule has 17 heavy (non-hydrogen) atoms. The first kappa shape index (κ1) is 10.8. The number of thiol groups is 1. The Morgan fingerprint density at radius 3 is 3.18 bits per heavy atom. The second-order valence-corrected chi connectivity index (χ2v) is 5.02. The van der Waals surface area contributed by atoms with E-state index in [1.54, 1.807) is 11.3 Å². The van der Waals surface area contributed by atoms with Crippen LogP contribution in [-0.2, 0) is 6.42 Å². The van der Waals surface area contributed by atoms with Crippen LogP contribution in [0.1, 0.15) is 5.01 Å². The average molecular weight is 262 g/mol. The molecule has 1 aromatic carbocycles. The highest BCUT2D eigenvalue weighted by Crippen LogP contribution is 2.25. The molecule has 0 bridgehead atoms. The van der Waals surface area contributed by atoms with Crippen LogP contribution in [-0.4, -0.2) is 15.7 Å². The minimum absolute atomic E-state index is 0.797. The van der Waals surface area contributed by atoms with E-state index in [-0.39, 0.29) is 0 Å². The predicted molar refractivity (Wildman–Crippen MR) is 72.7 cm³/mol. The molecule has 0 saturated heterocycles. The summed E-state index contributed by atoms with van der Waals surface area (Å²) >= 11 is 5.88. The molecule has 5 heteroatoms. The van der Waals surface area contributed by atoms with Gasteiger partial charge in [0, 0.05) is 17.4 Å². The van der Waals surface area contributed by atoms with Crippen molar-refractivity contribution in [1.82, 2.24) is 9.97 Å². The highest BCUT2D eigenvalue weighted by molar-refractivity contribution is 7.80. The highest BCUT2D eigenvalue weighted by atomic mass is 32.1. The Kier molecular flexibility index (Phi) is 2.86. The SMILES string of the molecule is SCCc1nc(-c2ccc3ncoc3c2)cs1. The molecule has 0 saturated carbocycles. The second kappa shape index (κ2) is 4.50. The lowest BCUT2D eigenvalue weighted by molar-refractivity contribution is 0.602. The molecule has 3 rings (SSSR count). The van der Waals surface area contributed by atoms with E-state index >= 15 is 0 Å². The standard InChI is InChI=1S/C12H10N2OS2/c16-4-3-12-14-10(6-17-12)8-1-2-9-11(5-8)15-7-13-9/h1-2,5-7,16H,3-4H2. The maximum atomic E-state index is 5.29. The summed E-state index contributed by atoms with van der Waals surface area (Å²) in [4.78, 5) is 8.66. The smallest absolute Gasteiger partial charge is 0.181 e. The van der Waals surface area contributed by atoms with Crippen LogP contribution in [0, 0.1) is 0 Å². The van der Waals surface area contributed by atoms with Gasteiger partial charge in [-0.1, -0.05) is 6.07 Å². The van der Waals surface area contributed by atoms with Gasteiger partial charge in [0.1, 0.15) is 5.52 Å². The molecule has 3 aromatic rings. The summed E-state index contributed by atoms with van der Waals surface area (Å²) in [5, 5.41) is 3.18. The number of fused-ring (bicyclic) bond motifs is 1. The maximum Gasteiger partial charge on any atom is 0.181 e. The Bertz CT molecular complexity index is 645. The Balaban J connectivity index is 2.00. The third-order valence-electron chi connectivity index (χ3n) is 2.50. The minimum Gasteiger partial charge on any atom is -0.443 e. The zero-order chi connectivity index (χ0) is 11.7. The van der Waals surface area contributed by atoms with Gasteiger partial charge in [-0.3, -0.25) is 0 Å². The molecule has 0 aliphatic carbocycles. The quantitative estimate of drug-likeness (QED) is 0.735. The Morgan fingerprint density at radius 2 is 2.29 bits per heavy atom. The van der Waals surface area contributed by atoms with Crippen molar-refractivity contribution in [2.75, 3.05) is 5.75 Å². The number of hydrogen-bond acceptors (Lipinski definition) is 5. The molecule has 86 valence electrons. The zero-order valence-electron chi connectivity index (χ0n) is 8.96. The van der Waals surface area contributed by atoms with Crippen molar-refractivity contribution in [3.05, 3.63) is 35.0 Å². The lowest BCUT2D eigenvalue weighted by Gasteiger charge is -1.95. The third kappa shape index (κ3) is 2.08. The predicted octanol–water partition coefficient (Wildman–Crippen LogP) is 3.42. The van der Waals surface area contributed by atoms with E-state index in [1.807, 2.05) is 18.2 Å². The van der Waals surface area contributed by atoms with Crippen molar-refractivity contribution in [2.45, 2.75) is 6.42 Å².